The number of hydrogen-bond donors (Lipinski definition) is 0. The second-order valence-corrected chi connectivity index (χ2v) is 9.75. The van der Waals surface area contributed by atoms with Gasteiger partial charge in [0.1, 0.15) is 0 Å². The molecule has 2 aliphatic carbocycles. The minimum Gasteiger partial charge on any atom is -0.228 e. The van der Waals surface area contributed by atoms with Crippen LogP contribution in [0.3, 0.4) is 0 Å². The van der Waals surface area contributed by atoms with Crippen molar-refractivity contribution >= 4 is 21.6 Å². The standard InChI is InChI=1S/C14H26O2S2/c1-11-3-7-13(8-4-11)18(15,16)14-9-5-12(17-2)6-10-14/h11-14H,3-10H2,1-2H3. The number of rotatable bonds is 3. The van der Waals surface area contributed by atoms with Gasteiger partial charge in [-0.05, 0) is 63.5 Å². The highest BCUT2D eigenvalue weighted by Gasteiger charge is 2.37. The average molecular weight is 290 g/mol. The van der Waals surface area contributed by atoms with Gasteiger partial charge in [-0.3, -0.25) is 0 Å². The molecule has 0 aromatic heterocycles. The lowest BCUT2D eigenvalue weighted by Crippen LogP contribution is -2.37. The van der Waals surface area contributed by atoms with Gasteiger partial charge in [0.25, 0.3) is 0 Å². The second-order valence-electron chi connectivity index (χ2n) is 6.11. The fourth-order valence-electron chi connectivity index (χ4n) is 3.43. The number of thioether (sulfide) groups is 1. The second kappa shape index (κ2) is 6.17. The minimum atomic E-state index is -2.85. The first-order valence-corrected chi connectivity index (χ1v) is 10.2. The Morgan fingerprint density at radius 3 is 1.72 bits per heavy atom. The maximum atomic E-state index is 12.6. The maximum absolute atomic E-state index is 12.6. The van der Waals surface area contributed by atoms with Crippen molar-refractivity contribution in [2.45, 2.75) is 74.0 Å². The Kier molecular flexibility index (Phi) is 5.04. The lowest BCUT2D eigenvalue weighted by molar-refractivity contribution is 0.377. The van der Waals surface area contributed by atoms with Crippen LogP contribution in [0.1, 0.15) is 58.3 Å². The van der Waals surface area contributed by atoms with Gasteiger partial charge in [-0.2, -0.15) is 11.8 Å². The molecule has 0 bridgehead atoms. The molecular formula is C14H26O2S2. The smallest absolute Gasteiger partial charge is 0.156 e. The van der Waals surface area contributed by atoms with Gasteiger partial charge in [-0.15, -0.1) is 0 Å². The van der Waals surface area contributed by atoms with E-state index in [1.807, 2.05) is 11.8 Å². The minimum absolute atomic E-state index is 0.0236. The van der Waals surface area contributed by atoms with Crippen LogP contribution in [0.5, 0.6) is 0 Å². The summed E-state index contributed by atoms with van der Waals surface area (Å²) < 4.78 is 25.3. The van der Waals surface area contributed by atoms with Crippen molar-refractivity contribution in [3.63, 3.8) is 0 Å². The van der Waals surface area contributed by atoms with E-state index < -0.39 is 9.84 Å². The van der Waals surface area contributed by atoms with E-state index in [0.717, 1.165) is 57.3 Å². The molecule has 2 rings (SSSR count). The molecule has 0 aromatic rings. The Bertz CT molecular complexity index is 348. The van der Waals surface area contributed by atoms with Crippen LogP contribution in [0.4, 0.5) is 0 Å². The molecule has 0 spiro atoms. The number of sulfone groups is 1. The normalized spacial score (nSPS) is 38.6. The van der Waals surface area contributed by atoms with Crippen LogP contribution in [-0.4, -0.2) is 30.4 Å². The molecule has 0 aromatic carbocycles. The van der Waals surface area contributed by atoms with Gasteiger partial charge < -0.3 is 0 Å². The summed E-state index contributed by atoms with van der Waals surface area (Å²) in [5.74, 6) is 0.726. The van der Waals surface area contributed by atoms with Crippen LogP contribution in [0, 0.1) is 5.92 Å². The van der Waals surface area contributed by atoms with Crippen LogP contribution in [0.2, 0.25) is 0 Å². The zero-order valence-corrected chi connectivity index (χ0v) is 13.2. The van der Waals surface area contributed by atoms with E-state index in [-0.39, 0.29) is 10.5 Å². The lowest BCUT2D eigenvalue weighted by Gasteiger charge is -2.33. The van der Waals surface area contributed by atoms with Crippen molar-refractivity contribution in [1.29, 1.82) is 0 Å². The molecular weight excluding hydrogens is 264 g/mol. The fourth-order valence-corrected chi connectivity index (χ4v) is 6.57. The molecule has 2 saturated carbocycles. The quantitative estimate of drug-likeness (QED) is 0.795. The molecule has 0 atom stereocenters. The predicted octanol–water partition coefficient (Wildman–Crippen LogP) is 3.65. The summed E-state index contributed by atoms with van der Waals surface area (Å²) >= 11 is 1.90. The molecule has 0 saturated heterocycles. The van der Waals surface area contributed by atoms with Gasteiger partial charge in [-0.25, -0.2) is 8.42 Å². The third kappa shape index (κ3) is 3.24. The maximum Gasteiger partial charge on any atom is 0.156 e. The molecule has 18 heavy (non-hydrogen) atoms. The van der Waals surface area contributed by atoms with Crippen molar-refractivity contribution in [3.8, 4) is 0 Å². The number of hydrogen-bond acceptors (Lipinski definition) is 3. The van der Waals surface area contributed by atoms with E-state index in [1.165, 1.54) is 0 Å². The summed E-state index contributed by atoms with van der Waals surface area (Å²) in [4.78, 5) is 0. The molecule has 0 radical (unpaired) electrons. The third-order valence-corrected chi connectivity index (χ3v) is 8.79. The molecule has 0 amide bonds. The predicted molar refractivity (Wildman–Crippen MR) is 79.9 cm³/mol. The van der Waals surface area contributed by atoms with E-state index >= 15 is 0 Å². The molecule has 106 valence electrons. The van der Waals surface area contributed by atoms with E-state index in [1.54, 1.807) is 0 Å². The third-order valence-electron chi connectivity index (χ3n) is 4.85. The van der Waals surface area contributed by atoms with Crippen LogP contribution >= 0.6 is 11.8 Å². The summed E-state index contributed by atoms with van der Waals surface area (Å²) in [7, 11) is -2.85. The summed E-state index contributed by atoms with van der Waals surface area (Å²) in [5.41, 5.74) is 0. The van der Waals surface area contributed by atoms with E-state index in [4.69, 9.17) is 0 Å². The lowest BCUT2D eigenvalue weighted by atomic mass is 9.91. The van der Waals surface area contributed by atoms with Crippen LogP contribution < -0.4 is 0 Å². The topological polar surface area (TPSA) is 34.1 Å². The molecule has 0 aliphatic heterocycles. The summed E-state index contributed by atoms with van der Waals surface area (Å²) in [6.45, 7) is 2.24. The Morgan fingerprint density at radius 1 is 0.833 bits per heavy atom. The highest BCUT2D eigenvalue weighted by atomic mass is 32.2. The monoisotopic (exact) mass is 290 g/mol. The van der Waals surface area contributed by atoms with E-state index in [0.29, 0.717) is 5.25 Å². The Balaban J connectivity index is 1.95. The molecule has 2 nitrogen and oxygen atoms in total. The van der Waals surface area contributed by atoms with Crippen LogP contribution in [0.25, 0.3) is 0 Å². The molecule has 0 heterocycles. The molecule has 0 unspecified atom stereocenters. The zero-order chi connectivity index (χ0) is 13.2. The van der Waals surface area contributed by atoms with E-state index in [9.17, 15) is 8.42 Å². The SMILES string of the molecule is CSC1CCC(S(=O)(=O)C2CCC(C)CC2)CC1. The average Bonchev–Trinajstić information content (AvgIpc) is 2.39. The van der Waals surface area contributed by atoms with Gasteiger partial charge >= 0.3 is 0 Å². The summed E-state index contributed by atoms with van der Waals surface area (Å²) in [6.07, 6.45) is 10.1. The van der Waals surface area contributed by atoms with Crippen molar-refractivity contribution in [2.24, 2.45) is 5.92 Å². The van der Waals surface area contributed by atoms with Crippen molar-refractivity contribution in [3.05, 3.63) is 0 Å². The highest BCUT2D eigenvalue weighted by Crippen LogP contribution is 2.36. The van der Waals surface area contributed by atoms with Gasteiger partial charge in [0.05, 0.1) is 10.5 Å². The summed E-state index contributed by atoms with van der Waals surface area (Å²) in [6, 6.07) is 0. The van der Waals surface area contributed by atoms with Gasteiger partial charge in [0, 0.05) is 5.25 Å². The largest absolute Gasteiger partial charge is 0.228 e. The van der Waals surface area contributed by atoms with Crippen LogP contribution in [0.15, 0.2) is 0 Å². The van der Waals surface area contributed by atoms with Gasteiger partial charge in [-0.1, -0.05) is 6.92 Å². The first kappa shape index (κ1) is 14.7. The van der Waals surface area contributed by atoms with E-state index in [2.05, 4.69) is 13.2 Å². The fraction of sp³-hybridized carbons (Fsp3) is 1.00. The van der Waals surface area contributed by atoms with Gasteiger partial charge in [0.2, 0.25) is 0 Å². The first-order chi connectivity index (χ1) is 8.54. The molecule has 2 aliphatic rings. The van der Waals surface area contributed by atoms with Crippen molar-refractivity contribution in [1.82, 2.24) is 0 Å². The molecule has 4 heteroatoms. The van der Waals surface area contributed by atoms with Crippen molar-refractivity contribution < 1.29 is 8.42 Å². The molecule has 0 N–H and O–H groups in total. The van der Waals surface area contributed by atoms with Gasteiger partial charge in [0.15, 0.2) is 9.84 Å². The Hall–Kier alpha value is 0.300. The summed E-state index contributed by atoms with van der Waals surface area (Å²) in [5, 5.41) is 0.645. The Morgan fingerprint density at radius 2 is 1.28 bits per heavy atom. The zero-order valence-electron chi connectivity index (χ0n) is 11.6. The Labute approximate surface area is 116 Å². The van der Waals surface area contributed by atoms with Crippen LogP contribution in [-0.2, 0) is 9.84 Å². The first-order valence-electron chi connectivity index (χ1n) is 7.29. The molecule has 2 fully saturated rings. The van der Waals surface area contributed by atoms with Crippen molar-refractivity contribution in [2.75, 3.05) is 6.26 Å². The highest BCUT2D eigenvalue weighted by molar-refractivity contribution is 7.99.